The van der Waals surface area contributed by atoms with Crippen LogP contribution in [0, 0.1) is 0 Å². The number of hydrogen-bond donors (Lipinski definition) is 0. The summed E-state index contributed by atoms with van der Waals surface area (Å²) >= 11 is 3.29. The Balaban J connectivity index is 2.34. The van der Waals surface area contributed by atoms with Crippen LogP contribution in [0.5, 0.6) is 5.75 Å². The van der Waals surface area contributed by atoms with Gasteiger partial charge in [0.25, 0.3) is 0 Å². The van der Waals surface area contributed by atoms with Crippen LogP contribution in [0.15, 0.2) is 56.7 Å². The van der Waals surface area contributed by atoms with Crippen LogP contribution in [-0.2, 0) is 19.9 Å². The Hall–Kier alpha value is -1.42. The third-order valence-electron chi connectivity index (χ3n) is 4.14. The van der Waals surface area contributed by atoms with Crippen LogP contribution >= 0.6 is 15.9 Å². The number of benzene rings is 2. The molecule has 0 amide bonds. The lowest BCUT2D eigenvalue weighted by Gasteiger charge is -2.25. The first-order valence-corrected chi connectivity index (χ1v) is 11.7. The number of ether oxygens (including phenoxy) is 1. The van der Waals surface area contributed by atoms with Gasteiger partial charge in [0.2, 0.25) is 10.0 Å². The summed E-state index contributed by atoms with van der Waals surface area (Å²) in [5.41, 5.74) is 0.691. The van der Waals surface area contributed by atoms with E-state index in [0.29, 0.717) is 15.8 Å². The number of rotatable bonds is 6. The quantitative estimate of drug-likeness (QED) is 0.659. The number of methoxy groups -OCH3 is 1. The molecule has 142 valence electrons. The van der Waals surface area contributed by atoms with E-state index in [-0.39, 0.29) is 9.79 Å². The molecule has 0 fully saturated rings. The van der Waals surface area contributed by atoms with Crippen molar-refractivity contribution in [3.8, 4) is 5.75 Å². The predicted octanol–water partition coefficient (Wildman–Crippen LogP) is 3.24. The van der Waals surface area contributed by atoms with Gasteiger partial charge >= 0.3 is 0 Å². The van der Waals surface area contributed by atoms with E-state index < -0.39 is 25.9 Å². The number of sulfone groups is 1. The van der Waals surface area contributed by atoms with Gasteiger partial charge < -0.3 is 4.74 Å². The monoisotopic (exact) mass is 461 g/mol. The summed E-state index contributed by atoms with van der Waals surface area (Å²) in [5, 5.41) is 0. The first kappa shape index (κ1) is 20.9. The fourth-order valence-electron chi connectivity index (χ4n) is 2.39. The van der Waals surface area contributed by atoms with Crippen LogP contribution in [0.3, 0.4) is 0 Å². The zero-order chi connectivity index (χ0) is 19.7. The van der Waals surface area contributed by atoms with Crippen molar-refractivity contribution >= 4 is 35.8 Å². The average Bonchev–Trinajstić information content (AvgIpc) is 2.59. The first-order chi connectivity index (χ1) is 12.0. The van der Waals surface area contributed by atoms with E-state index in [4.69, 9.17) is 4.74 Å². The van der Waals surface area contributed by atoms with E-state index in [1.165, 1.54) is 42.7 Å². The molecule has 1 atom stereocenters. The SMILES string of the molecule is COc1ccc(S(=O)(=O)N(C)C(C)c2ccc(S(C)(=O)=O)cc2)cc1Br. The third kappa shape index (κ3) is 4.28. The Morgan fingerprint density at radius 3 is 2.00 bits per heavy atom. The number of nitrogens with zero attached hydrogens (tertiary/aromatic N) is 1. The second-order valence-corrected chi connectivity index (χ2v) is 10.7. The maximum absolute atomic E-state index is 12.9. The van der Waals surface area contributed by atoms with E-state index in [2.05, 4.69) is 15.9 Å². The summed E-state index contributed by atoms with van der Waals surface area (Å²) in [7, 11) is -4.05. The van der Waals surface area contributed by atoms with Crippen LogP contribution in [0.1, 0.15) is 18.5 Å². The molecule has 9 heteroatoms. The predicted molar refractivity (Wildman–Crippen MR) is 104 cm³/mol. The average molecular weight is 462 g/mol. The van der Waals surface area contributed by atoms with Crippen molar-refractivity contribution in [3.05, 3.63) is 52.5 Å². The Morgan fingerprint density at radius 2 is 1.54 bits per heavy atom. The highest BCUT2D eigenvalue weighted by molar-refractivity contribution is 9.10. The van der Waals surface area contributed by atoms with Crippen molar-refractivity contribution in [1.82, 2.24) is 4.31 Å². The van der Waals surface area contributed by atoms with Gasteiger partial charge in [-0.25, -0.2) is 16.8 Å². The van der Waals surface area contributed by atoms with Gasteiger partial charge in [-0.15, -0.1) is 0 Å². The van der Waals surface area contributed by atoms with Crippen LogP contribution in [0.25, 0.3) is 0 Å². The van der Waals surface area contributed by atoms with Gasteiger partial charge in [0.05, 0.1) is 21.4 Å². The summed E-state index contributed by atoms with van der Waals surface area (Å²) in [6.07, 6.45) is 1.13. The highest BCUT2D eigenvalue weighted by Gasteiger charge is 2.27. The summed E-state index contributed by atoms with van der Waals surface area (Å²) in [6.45, 7) is 1.74. The molecular weight excluding hydrogens is 442 g/mol. The Labute approximate surface area is 162 Å². The molecule has 0 radical (unpaired) electrons. The molecule has 0 aliphatic heterocycles. The number of halogens is 1. The van der Waals surface area contributed by atoms with Crippen LogP contribution in [0.2, 0.25) is 0 Å². The second kappa shape index (κ2) is 7.67. The standard InChI is InChI=1S/C17H20BrNO5S2/c1-12(13-5-7-14(8-6-13)25(4,20)21)19(2)26(22,23)15-9-10-17(24-3)16(18)11-15/h5-12H,1-4H3. The largest absolute Gasteiger partial charge is 0.496 e. The van der Waals surface area contributed by atoms with Gasteiger partial charge in [0.15, 0.2) is 9.84 Å². The molecule has 0 saturated heterocycles. The summed E-state index contributed by atoms with van der Waals surface area (Å²) in [4.78, 5) is 0.324. The van der Waals surface area contributed by atoms with Crippen LogP contribution in [-0.4, -0.2) is 41.6 Å². The second-order valence-electron chi connectivity index (χ2n) is 5.83. The Kier molecular flexibility index (Phi) is 6.17. The van der Waals surface area contributed by atoms with Gasteiger partial charge in [0.1, 0.15) is 5.75 Å². The highest BCUT2D eigenvalue weighted by Crippen LogP contribution is 2.31. The molecular formula is C17H20BrNO5S2. The van der Waals surface area contributed by atoms with Crippen molar-refractivity contribution in [2.45, 2.75) is 22.8 Å². The topological polar surface area (TPSA) is 80.8 Å². The molecule has 0 aliphatic carbocycles. The molecule has 1 unspecified atom stereocenters. The molecule has 26 heavy (non-hydrogen) atoms. The van der Waals surface area contributed by atoms with Crippen molar-refractivity contribution in [2.24, 2.45) is 0 Å². The van der Waals surface area contributed by atoms with E-state index in [0.717, 1.165) is 6.26 Å². The highest BCUT2D eigenvalue weighted by atomic mass is 79.9. The molecule has 0 spiro atoms. The molecule has 0 heterocycles. The summed E-state index contributed by atoms with van der Waals surface area (Å²) in [6, 6.07) is 10.3. The van der Waals surface area contributed by atoms with Crippen molar-refractivity contribution in [1.29, 1.82) is 0 Å². The fourth-order valence-corrected chi connectivity index (χ4v) is 5.09. The van der Waals surface area contributed by atoms with Gasteiger partial charge in [0, 0.05) is 19.3 Å². The maximum atomic E-state index is 12.9. The molecule has 0 N–H and O–H groups in total. The summed E-state index contributed by atoms with van der Waals surface area (Å²) in [5.74, 6) is 0.538. The van der Waals surface area contributed by atoms with E-state index >= 15 is 0 Å². The van der Waals surface area contributed by atoms with Gasteiger partial charge in [-0.1, -0.05) is 12.1 Å². The number of sulfonamides is 1. The van der Waals surface area contributed by atoms with Crippen LogP contribution < -0.4 is 4.74 Å². The lowest BCUT2D eigenvalue weighted by molar-refractivity contribution is 0.397. The smallest absolute Gasteiger partial charge is 0.243 e. The van der Waals surface area contributed by atoms with E-state index in [9.17, 15) is 16.8 Å². The fraction of sp³-hybridized carbons (Fsp3) is 0.294. The van der Waals surface area contributed by atoms with Gasteiger partial charge in [-0.05, 0) is 58.7 Å². The molecule has 0 aliphatic rings. The van der Waals surface area contributed by atoms with Crippen molar-refractivity contribution in [3.63, 3.8) is 0 Å². The van der Waals surface area contributed by atoms with Gasteiger partial charge in [-0.2, -0.15) is 4.31 Å². The van der Waals surface area contributed by atoms with Crippen molar-refractivity contribution < 1.29 is 21.6 Å². The normalized spacial score (nSPS) is 13.6. The van der Waals surface area contributed by atoms with Gasteiger partial charge in [-0.3, -0.25) is 0 Å². The van der Waals surface area contributed by atoms with Crippen molar-refractivity contribution in [2.75, 3.05) is 20.4 Å². The minimum Gasteiger partial charge on any atom is -0.496 e. The summed E-state index contributed by atoms with van der Waals surface area (Å²) < 4.78 is 55.8. The molecule has 0 saturated carbocycles. The van der Waals surface area contributed by atoms with E-state index in [1.54, 1.807) is 25.1 Å². The number of hydrogen-bond acceptors (Lipinski definition) is 5. The zero-order valence-electron chi connectivity index (χ0n) is 14.8. The maximum Gasteiger partial charge on any atom is 0.243 e. The van der Waals surface area contributed by atoms with Crippen LogP contribution in [0.4, 0.5) is 0 Å². The molecule has 0 aromatic heterocycles. The Morgan fingerprint density at radius 1 is 1.00 bits per heavy atom. The first-order valence-electron chi connectivity index (χ1n) is 7.60. The molecule has 6 nitrogen and oxygen atoms in total. The molecule has 2 aromatic carbocycles. The minimum absolute atomic E-state index is 0.132. The van der Waals surface area contributed by atoms with E-state index in [1.807, 2.05) is 0 Å². The Bertz CT molecular complexity index is 1000. The molecule has 0 bridgehead atoms. The minimum atomic E-state index is -3.74. The lowest BCUT2D eigenvalue weighted by Crippen LogP contribution is -2.29. The lowest BCUT2D eigenvalue weighted by atomic mass is 10.1. The molecule has 2 rings (SSSR count). The molecule has 2 aromatic rings. The zero-order valence-corrected chi connectivity index (χ0v) is 18.0. The third-order valence-corrected chi connectivity index (χ3v) is 7.81.